The van der Waals surface area contributed by atoms with Gasteiger partial charge in [0.25, 0.3) is 0 Å². The van der Waals surface area contributed by atoms with Gasteiger partial charge in [-0.05, 0) is 18.8 Å². The number of hydrogen-bond acceptors (Lipinski definition) is 4. The zero-order valence-electron chi connectivity index (χ0n) is 16.0. The average Bonchev–Trinajstić information content (AvgIpc) is 3.16. The number of carbonyl (C=O) groups excluding carboxylic acids is 1. The van der Waals surface area contributed by atoms with Crippen LogP contribution >= 0.6 is 0 Å². The quantitative estimate of drug-likeness (QED) is 0.481. The SMILES string of the molecule is CCNC(=NCc1nccn1CC(C)C)N1CC(C)C(C(=O)OC)C1. The van der Waals surface area contributed by atoms with E-state index in [2.05, 4.69) is 40.5 Å². The molecule has 1 aromatic rings. The number of nitrogens with zero attached hydrogens (tertiary/aromatic N) is 4. The van der Waals surface area contributed by atoms with Crippen molar-refractivity contribution in [2.45, 2.75) is 40.8 Å². The highest BCUT2D eigenvalue weighted by Gasteiger charge is 2.36. The molecule has 2 unspecified atom stereocenters. The van der Waals surface area contributed by atoms with Crippen LogP contribution in [0.5, 0.6) is 0 Å². The molecule has 2 heterocycles. The Labute approximate surface area is 150 Å². The molecule has 1 aliphatic heterocycles. The van der Waals surface area contributed by atoms with Crippen LogP contribution in [-0.2, 0) is 22.6 Å². The molecular weight excluding hydrogens is 318 g/mol. The zero-order chi connectivity index (χ0) is 18.4. The van der Waals surface area contributed by atoms with E-state index in [1.165, 1.54) is 7.11 Å². The first-order valence-electron chi connectivity index (χ1n) is 9.07. The highest BCUT2D eigenvalue weighted by Crippen LogP contribution is 2.24. The third kappa shape index (κ3) is 4.96. The Morgan fingerprint density at radius 1 is 1.48 bits per heavy atom. The molecule has 0 bridgehead atoms. The number of aromatic nitrogens is 2. The lowest BCUT2D eigenvalue weighted by molar-refractivity contribution is -0.145. The largest absolute Gasteiger partial charge is 0.469 e. The average molecular weight is 349 g/mol. The van der Waals surface area contributed by atoms with Crippen molar-refractivity contribution in [3.05, 3.63) is 18.2 Å². The summed E-state index contributed by atoms with van der Waals surface area (Å²) < 4.78 is 7.08. The van der Waals surface area contributed by atoms with E-state index in [0.29, 0.717) is 19.0 Å². The van der Waals surface area contributed by atoms with Crippen molar-refractivity contribution in [3.8, 4) is 0 Å². The Balaban J connectivity index is 2.09. The number of imidazole rings is 1. The van der Waals surface area contributed by atoms with Crippen LogP contribution in [0.15, 0.2) is 17.4 Å². The van der Waals surface area contributed by atoms with E-state index in [-0.39, 0.29) is 17.8 Å². The lowest BCUT2D eigenvalue weighted by Gasteiger charge is -2.21. The van der Waals surface area contributed by atoms with Gasteiger partial charge in [-0.2, -0.15) is 0 Å². The third-order valence-corrected chi connectivity index (χ3v) is 4.48. The maximum atomic E-state index is 11.9. The van der Waals surface area contributed by atoms with Crippen LogP contribution in [0.25, 0.3) is 0 Å². The maximum absolute atomic E-state index is 11.9. The number of carbonyl (C=O) groups is 1. The van der Waals surface area contributed by atoms with Crippen LogP contribution in [0, 0.1) is 17.8 Å². The van der Waals surface area contributed by atoms with E-state index < -0.39 is 0 Å². The van der Waals surface area contributed by atoms with Crippen LogP contribution in [0.4, 0.5) is 0 Å². The zero-order valence-corrected chi connectivity index (χ0v) is 16.0. The van der Waals surface area contributed by atoms with Crippen LogP contribution in [0.2, 0.25) is 0 Å². The van der Waals surface area contributed by atoms with Crippen molar-refractivity contribution >= 4 is 11.9 Å². The normalized spacial score (nSPS) is 21.0. The number of aliphatic imine (C=N–C) groups is 1. The van der Waals surface area contributed by atoms with Crippen molar-refractivity contribution in [2.75, 3.05) is 26.7 Å². The number of nitrogens with one attached hydrogen (secondary N) is 1. The molecule has 1 fully saturated rings. The van der Waals surface area contributed by atoms with E-state index in [1.54, 1.807) is 0 Å². The lowest BCUT2D eigenvalue weighted by atomic mass is 9.99. The molecule has 1 N–H and O–H groups in total. The second kappa shape index (κ2) is 8.87. The predicted molar refractivity (Wildman–Crippen MR) is 98.1 cm³/mol. The van der Waals surface area contributed by atoms with Gasteiger partial charge in [0.1, 0.15) is 12.4 Å². The number of likely N-dealkylation sites (tertiary alicyclic amines) is 1. The number of esters is 1. The molecule has 0 aromatic carbocycles. The fourth-order valence-corrected chi connectivity index (χ4v) is 3.22. The van der Waals surface area contributed by atoms with E-state index >= 15 is 0 Å². The van der Waals surface area contributed by atoms with Gasteiger partial charge < -0.3 is 19.5 Å². The molecule has 0 spiro atoms. The molecule has 140 valence electrons. The molecule has 0 amide bonds. The van der Waals surface area contributed by atoms with E-state index in [0.717, 1.165) is 31.4 Å². The van der Waals surface area contributed by atoms with Gasteiger partial charge in [-0.25, -0.2) is 9.98 Å². The molecule has 25 heavy (non-hydrogen) atoms. The molecule has 7 nitrogen and oxygen atoms in total. The monoisotopic (exact) mass is 349 g/mol. The lowest BCUT2D eigenvalue weighted by Crippen LogP contribution is -2.40. The van der Waals surface area contributed by atoms with Crippen molar-refractivity contribution in [2.24, 2.45) is 22.7 Å². The fourth-order valence-electron chi connectivity index (χ4n) is 3.22. The molecule has 1 saturated heterocycles. The summed E-state index contributed by atoms with van der Waals surface area (Å²) in [6, 6.07) is 0. The number of ether oxygens (including phenoxy) is 1. The fraction of sp³-hybridized carbons (Fsp3) is 0.722. The summed E-state index contributed by atoms with van der Waals surface area (Å²) in [5.41, 5.74) is 0. The minimum absolute atomic E-state index is 0.100. The van der Waals surface area contributed by atoms with Crippen LogP contribution in [0.3, 0.4) is 0 Å². The molecule has 0 radical (unpaired) electrons. The van der Waals surface area contributed by atoms with E-state index in [4.69, 9.17) is 9.73 Å². The minimum atomic E-state index is -0.140. The van der Waals surface area contributed by atoms with Crippen molar-refractivity contribution in [3.63, 3.8) is 0 Å². The summed E-state index contributed by atoms with van der Waals surface area (Å²) in [6.07, 6.45) is 3.83. The molecule has 1 aromatic heterocycles. The van der Waals surface area contributed by atoms with Gasteiger partial charge >= 0.3 is 5.97 Å². The third-order valence-electron chi connectivity index (χ3n) is 4.48. The standard InChI is InChI=1S/C18H31N5O2/c1-6-19-18(23-11-14(4)15(12-23)17(24)25-5)21-9-16-20-7-8-22(16)10-13(2)3/h7-8,13-15H,6,9-12H2,1-5H3,(H,19,21). The van der Waals surface area contributed by atoms with Gasteiger partial charge in [-0.3, -0.25) is 4.79 Å². The van der Waals surface area contributed by atoms with Gasteiger partial charge in [-0.15, -0.1) is 0 Å². The molecule has 1 aliphatic rings. The molecule has 2 rings (SSSR count). The van der Waals surface area contributed by atoms with Gasteiger partial charge in [0.15, 0.2) is 5.96 Å². The summed E-state index contributed by atoms with van der Waals surface area (Å²) >= 11 is 0. The van der Waals surface area contributed by atoms with E-state index in [1.807, 2.05) is 19.3 Å². The van der Waals surface area contributed by atoms with Gasteiger partial charge in [0, 0.05) is 38.6 Å². The van der Waals surface area contributed by atoms with Gasteiger partial charge in [0.2, 0.25) is 0 Å². The van der Waals surface area contributed by atoms with Crippen molar-refractivity contribution in [1.82, 2.24) is 19.8 Å². The Morgan fingerprint density at radius 3 is 2.88 bits per heavy atom. The van der Waals surface area contributed by atoms with Gasteiger partial charge in [-0.1, -0.05) is 20.8 Å². The Hall–Kier alpha value is -2.05. The first kappa shape index (κ1) is 19.3. The second-order valence-electron chi connectivity index (χ2n) is 7.07. The maximum Gasteiger partial charge on any atom is 0.310 e. The topological polar surface area (TPSA) is 71.8 Å². The first-order chi connectivity index (χ1) is 12.0. The predicted octanol–water partition coefficient (Wildman–Crippen LogP) is 1.75. The summed E-state index contributed by atoms with van der Waals surface area (Å²) in [4.78, 5) is 23.3. The smallest absolute Gasteiger partial charge is 0.310 e. The number of guanidine groups is 1. The summed E-state index contributed by atoms with van der Waals surface area (Å²) in [7, 11) is 1.45. The minimum Gasteiger partial charge on any atom is -0.469 e. The van der Waals surface area contributed by atoms with Crippen molar-refractivity contribution in [1.29, 1.82) is 0 Å². The molecule has 0 saturated carbocycles. The first-order valence-corrected chi connectivity index (χ1v) is 9.07. The number of rotatable bonds is 6. The summed E-state index contributed by atoms with van der Waals surface area (Å²) in [6.45, 7) is 12.2. The Bertz CT molecular complexity index is 596. The summed E-state index contributed by atoms with van der Waals surface area (Å²) in [5, 5.41) is 3.33. The molecule has 0 aliphatic carbocycles. The van der Waals surface area contributed by atoms with Crippen LogP contribution in [0.1, 0.15) is 33.5 Å². The molecule has 7 heteroatoms. The number of hydrogen-bond donors (Lipinski definition) is 1. The van der Waals surface area contributed by atoms with Gasteiger partial charge in [0.05, 0.1) is 13.0 Å². The van der Waals surface area contributed by atoms with Crippen LogP contribution < -0.4 is 5.32 Å². The van der Waals surface area contributed by atoms with Crippen LogP contribution in [-0.4, -0.2) is 53.1 Å². The number of methoxy groups -OCH3 is 1. The Kier molecular flexibility index (Phi) is 6.84. The van der Waals surface area contributed by atoms with Crippen molar-refractivity contribution < 1.29 is 9.53 Å². The molecular formula is C18H31N5O2. The second-order valence-corrected chi connectivity index (χ2v) is 7.07. The van der Waals surface area contributed by atoms with E-state index in [9.17, 15) is 4.79 Å². The highest BCUT2D eigenvalue weighted by atomic mass is 16.5. The molecule has 2 atom stereocenters. The summed E-state index contributed by atoms with van der Waals surface area (Å²) in [5.74, 6) is 2.36. The highest BCUT2D eigenvalue weighted by molar-refractivity contribution is 5.82. The Morgan fingerprint density at radius 2 is 2.24 bits per heavy atom.